The van der Waals surface area contributed by atoms with E-state index in [-0.39, 0.29) is 13.0 Å². The first-order chi connectivity index (χ1) is 7.13. The zero-order chi connectivity index (χ0) is 11.3. The number of benzene rings is 1. The molecule has 0 aliphatic rings. The zero-order valence-corrected chi connectivity index (χ0v) is 9.13. The lowest BCUT2D eigenvalue weighted by molar-refractivity contribution is -0.149. The van der Waals surface area contributed by atoms with Crippen molar-refractivity contribution in [3.63, 3.8) is 0 Å². The van der Waals surface area contributed by atoms with Crippen LogP contribution in [0.2, 0.25) is 5.02 Å². The quantitative estimate of drug-likeness (QED) is 0.744. The molecule has 0 amide bonds. The van der Waals surface area contributed by atoms with Crippen molar-refractivity contribution in [1.82, 2.24) is 0 Å². The van der Waals surface area contributed by atoms with Crippen LogP contribution in [-0.4, -0.2) is 18.7 Å². The maximum atomic E-state index is 13.3. The summed E-state index contributed by atoms with van der Waals surface area (Å²) in [5.41, 5.74) is 0.722. The van der Waals surface area contributed by atoms with Crippen LogP contribution in [0.1, 0.15) is 12.5 Å². The molecule has 0 saturated heterocycles. The molecule has 1 rings (SSSR count). The maximum absolute atomic E-state index is 13.3. The van der Waals surface area contributed by atoms with E-state index < -0.39 is 12.1 Å². The molecule has 1 unspecified atom stereocenters. The fourth-order valence-corrected chi connectivity index (χ4v) is 1.27. The van der Waals surface area contributed by atoms with Crippen molar-refractivity contribution in [3.8, 4) is 0 Å². The average molecular weight is 231 g/mol. The minimum Gasteiger partial charge on any atom is -0.464 e. The lowest BCUT2D eigenvalue weighted by Gasteiger charge is -2.07. The van der Waals surface area contributed by atoms with Crippen LogP contribution in [0.15, 0.2) is 24.3 Å². The van der Waals surface area contributed by atoms with Crippen molar-refractivity contribution in [1.29, 1.82) is 0 Å². The summed E-state index contributed by atoms with van der Waals surface area (Å²) in [6.45, 7) is 1.84. The Morgan fingerprint density at radius 3 is 2.60 bits per heavy atom. The predicted molar refractivity (Wildman–Crippen MR) is 56.7 cm³/mol. The van der Waals surface area contributed by atoms with Crippen molar-refractivity contribution in [2.45, 2.75) is 19.5 Å². The van der Waals surface area contributed by atoms with Gasteiger partial charge in [-0.15, -0.1) is 0 Å². The molecule has 0 heterocycles. The number of carbonyl (C=O) groups is 1. The van der Waals surface area contributed by atoms with Crippen LogP contribution in [-0.2, 0) is 16.0 Å². The smallest absolute Gasteiger partial charge is 0.341 e. The zero-order valence-electron chi connectivity index (χ0n) is 8.37. The van der Waals surface area contributed by atoms with Gasteiger partial charge in [-0.25, -0.2) is 9.18 Å². The van der Waals surface area contributed by atoms with E-state index in [1.54, 1.807) is 31.2 Å². The number of hydrogen-bond acceptors (Lipinski definition) is 2. The number of esters is 1. The number of carbonyl (C=O) groups excluding carboxylic acids is 1. The number of halogens is 2. The van der Waals surface area contributed by atoms with Gasteiger partial charge in [-0.2, -0.15) is 0 Å². The van der Waals surface area contributed by atoms with Crippen molar-refractivity contribution < 1.29 is 13.9 Å². The highest BCUT2D eigenvalue weighted by atomic mass is 35.5. The first-order valence-corrected chi connectivity index (χ1v) is 5.06. The normalized spacial score (nSPS) is 12.2. The Kier molecular flexibility index (Phi) is 4.56. The second kappa shape index (κ2) is 5.71. The second-order valence-electron chi connectivity index (χ2n) is 3.05. The van der Waals surface area contributed by atoms with Gasteiger partial charge in [-0.3, -0.25) is 0 Å². The van der Waals surface area contributed by atoms with Crippen LogP contribution < -0.4 is 0 Å². The van der Waals surface area contributed by atoms with Crippen molar-refractivity contribution >= 4 is 17.6 Å². The van der Waals surface area contributed by atoms with Crippen LogP contribution >= 0.6 is 11.6 Å². The van der Waals surface area contributed by atoms with E-state index in [0.29, 0.717) is 5.02 Å². The van der Waals surface area contributed by atoms with E-state index in [2.05, 4.69) is 4.74 Å². The van der Waals surface area contributed by atoms with Gasteiger partial charge in [0.05, 0.1) is 6.61 Å². The lowest BCUT2D eigenvalue weighted by Crippen LogP contribution is -2.21. The largest absolute Gasteiger partial charge is 0.464 e. The van der Waals surface area contributed by atoms with Gasteiger partial charge in [0.1, 0.15) is 0 Å². The van der Waals surface area contributed by atoms with Gasteiger partial charge >= 0.3 is 5.97 Å². The molecule has 0 N–H and O–H groups in total. The van der Waals surface area contributed by atoms with Gasteiger partial charge in [0, 0.05) is 11.4 Å². The van der Waals surface area contributed by atoms with Gasteiger partial charge in [-0.1, -0.05) is 23.7 Å². The van der Waals surface area contributed by atoms with Crippen LogP contribution in [0.4, 0.5) is 4.39 Å². The Labute approximate surface area is 93.0 Å². The standard InChI is InChI=1S/C11H12ClFO2/c1-2-15-11(14)10(13)7-8-3-5-9(12)6-4-8/h3-6,10H,2,7H2,1H3. The molecule has 1 aromatic carbocycles. The second-order valence-corrected chi connectivity index (χ2v) is 3.49. The highest BCUT2D eigenvalue weighted by molar-refractivity contribution is 6.30. The number of hydrogen-bond donors (Lipinski definition) is 0. The Morgan fingerprint density at radius 1 is 1.47 bits per heavy atom. The van der Waals surface area contributed by atoms with Crippen molar-refractivity contribution in [2.24, 2.45) is 0 Å². The summed E-state index contributed by atoms with van der Waals surface area (Å²) in [5, 5.41) is 0.588. The molecule has 0 spiro atoms. The van der Waals surface area contributed by atoms with E-state index in [4.69, 9.17) is 11.6 Å². The molecule has 82 valence electrons. The van der Waals surface area contributed by atoms with Crippen LogP contribution in [0.25, 0.3) is 0 Å². The molecule has 4 heteroatoms. The summed E-state index contributed by atoms with van der Waals surface area (Å²) in [4.78, 5) is 11.0. The molecule has 0 radical (unpaired) electrons. The fourth-order valence-electron chi connectivity index (χ4n) is 1.14. The first-order valence-electron chi connectivity index (χ1n) is 4.68. The number of ether oxygens (including phenoxy) is 1. The average Bonchev–Trinajstić information content (AvgIpc) is 2.22. The lowest BCUT2D eigenvalue weighted by atomic mass is 10.1. The van der Waals surface area contributed by atoms with E-state index in [1.165, 1.54) is 0 Å². The molecule has 2 nitrogen and oxygen atoms in total. The monoisotopic (exact) mass is 230 g/mol. The third-order valence-corrected chi connectivity index (χ3v) is 2.12. The minimum absolute atomic E-state index is 0.0238. The highest BCUT2D eigenvalue weighted by Crippen LogP contribution is 2.12. The van der Waals surface area contributed by atoms with Gasteiger partial charge in [0.2, 0.25) is 6.17 Å². The van der Waals surface area contributed by atoms with Gasteiger partial charge in [0.25, 0.3) is 0 Å². The Hall–Kier alpha value is -1.09. The maximum Gasteiger partial charge on any atom is 0.341 e. The van der Waals surface area contributed by atoms with Gasteiger partial charge in [-0.05, 0) is 24.6 Å². The Bertz CT molecular complexity index is 324. The third kappa shape index (κ3) is 3.88. The SMILES string of the molecule is CCOC(=O)C(F)Cc1ccc(Cl)cc1. The third-order valence-electron chi connectivity index (χ3n) is 1.87. The van der Waals surface area contributed by atoms with Crippen LogP contribution in [0.3, 0.4) is 0 Å². The minimum atomic E-state index is -1.61. The van der Waals surface area contributed by atoms with Gasteiger partial charge in [0.15, 0.2) is 0 Å². The van der Waals surface area contributed by atoms with Crippen LogP contribution in [0, 0.1) is 0 Å². The van der Waals surface area contributed by atoms with E-state index >= 15 is 0 Å². The molecule has 1 atom stereocenters. The summed E-state index contributed by atoms with van der Waals surface area (Å²) in [5.74, 6) is -0.813. The summed E-state index contributed by atoms with van der Waals surface area (Å²) in [6.07, 6.45) is -1.58. The summed E-state index contributed by atoms with van der Waals surface area (Å²) in [6, 6.07) is 6.70. The topological polar surface area (TPSA) is 26.3 Å². The Balaban J connectivity index is 2.54. The highest BCUT2D eigenvalue weighted by Gasteiger charge is 2.18. The molecule has 1 aromatic rings. The molecular formula is C11H12ClFO2. The fraction of sp³-hybridized carbons (Fsp3) is 0.364. The molecule has 0 bridgehead atoms. The van der Waals surface area contributed by atoms with Crippen molar-refractivity contribution in [2.75, 3.05) is 6.61 Å². The number of alkyl halides is 1. The van der Waals surface area contributed by atoms with E-state index in [0.717, 1.165) is 5.56 Å². The van der Waals surface area contributed by atoms with Gasteiger partial charge < -0.3 is 4.74 Å². The molecule has 0 saturated carbocycles. The molecule has 0 fully saturated rings. The molecule has 0 aliphatic carbocycles. The van der Waals surface area contributed by atoms with Crippen molar-refractivity contribution in [3.05, 3.63) is 34.9 Å². The molecule has 0 aromatic heterocycles. The predicted octanol–water partition coefficient (Wildman–Crippen LogP) is 2.78. The number of rotatable bonds is 4. The summed E-state index contributed by atoms with van der Waals surface area (Å²) >= 11 is 5.68. The molecule has 0 aliphatic heterocycles. The molecular weight excluding hydrogens is 219 g/mol. The van der Waals surface area contributed by atoms with E-state index in [9.17, 15) is 9.18 Å². The Morgan fingerprint density at radius 2 is 2.07 bits per heavy atom. The first kappa shape index (κ1) is 12.0. The van der Waals surface area contributed by atoms with Crippen LogP contribution in [0.5, 0.6) is 0 Å². The summed E-state index contributed by atoms with van der Waals surface area (Å²) < 4.78 is 17.8. The molecule has 15 heavy (non-hydrogen) atoms. The van der Waals surface area contributed by atoms with E-state index in [1.807, 2.05) is 0 Å². The summed E-state index contributed by atoms with van der Waals surface area (Å²) in [7, 11) is 0.